The van der Waals surface area contributed by atoms with E-state index in [0.717, 1.165) is 23.4 Å². The van der Waals surface area contributed by atoms with E-state index in [-0.39, 0.29) is 0 Å². The summed E-state index contributed by atoms with van der Waals surface area (Å²) in [6.45, 7) is 2.12. The molecule has 0 aliphatic carbocycles. The van der Waals surface area contributed by atoms with Crippen molar-refractivity contribution in [3.05, 3.63) is 102 Å². The van der Waals surface area contributed by atoms with Crippen molar-refractivity contribution in [3.8, 4) is 5.75 Å². The van der Waals surface area contributed by atoms with E-state index in [9.17, 15) is 0 Å². The van der Waals surface area contributed by atoms with E-state index in [0.29, 0.717) is 5.90 Å². The number of benzene rings is 3. The van der Waals surface area contributed by atoms with Crippen LogP contribution >= 0.6 is 21.6 Å². The van der Waals surface area contributed by atoms with Gasteiger partial charge in [0.1, 0.15) is 5.75 Å². The summed E-state index contributed by atoms with van der Waals surface area (Å²) in [5, 5.41) is 2.13. The van der Waals surface area contributed by atoms with Crippen LogP contribution in [-0.4, -0.2) is 5.90 Å². The summed E-state index contributed by atoms with van der Waals surface area (Å²) >= 11 is 0. The third-order valence-corrected chi connectivity index (χ3v) is 5.77. The van der Waals surface area contributed by atoms with Gasteiger partial charge < -0.3 is 4.74 Å². The molecule has 0 heterocycles. The maximum atomic E-state index is 6.13. The van der Waals surface area contributed by atoms with Gasteiger partial charge in [-0.25, -0.2) is 4.99 Å². The molecular weight excluding hydrogens is 370 g/mol. The van der Waals surface area contributed by atoms with Crippen LogP contribution in [0.3, 0.4) is 0 Å². The van der Waals surface area contributed by atoms with Crippen LogP contribution in [0.5, 0.6) is 5.75 Å². The molecule has 0 fully saturated rings. The van der Waals surface area contributed by atoms with Crippen molar-refractivity contribution in [1.82, 2.24) is 0 Å². The van der Waals surface area contributed by atoms with Crippen molar-refractivity contribution >= 4 is 33.2 Å². The minimum Gasteiger partial charge on any atom is -0.439 e. The van der Waals surface area contributed by atoms with Gasteiger partial charge in [0.05, 0.1) is 5.69 Å². The van der Waals surface area contributed by atoms with Crippen LogP contribution < -0.4 is 4.74 Å². The first-order chi connectivity index (χ1) is 13.3. The van der Waals surface area contributed by atoms with E-state index in [1.807, 2.05) is 78.9 Å². The monoisotopic (exact) mass is 391 g/mol. The molecule has 2 nitrogen and oxygen atoms in total. The molecule has 3 aromatic rings. The third-order valence-electron chi connectivity index (χ3n) is 3.68. The lowest BCUT2D eigenvalue weighted by atomic mass is 10.2. The Bertz CT molecular complexity index is 878. The first-order valence-corrected chi connectivity index (χ1v) is 11.0. The molecule has 3 rings (SSSR count). The fourth-order valence-electron chi connectivity index (χ4n) is 2.28. The quantitative estimate of drug-likeness (QED) is 0.236. The van der Waals surface area contributed by atoms with Gasteiger partial charge >= 0.3 is 0 Å². The second kappa shape index (κ2) is 10.7. The Hall–Kier alpha value is -2.43. The smallest absolute Gasteiger partial charge is 0.223 e. The zero-order chi connectivity index (χ0) is 18.7. The van der Waals surface area contributed by atoms with E-state index in [4.69, 9.17) is 9.73 Å². The Labute approximate surface area is 168 Å². The molecule has 0 aliphatic rings. The minimum absolute atomic E-state index is 0.635. The largest absolute Gasteiger partial charge is 0.439 e. The second-order valence-corrected chi connectivity index (χ2v) is 7.80. The Morgan fingerprint density at radius 1 is 0.852 bits per heavy atom. The Balaban J connectivity index is 1.82. The summed E-state index contributed by atoms with van der Waals surface area (Å²) in [6.07, 6.45) is 0.834. The van der Waals surface area contributed by atoms with Crippen molar-refractivity contribution in [2.24, 2.45) is 4.99 Å². The first-order valence-electron chi connectivity index (χ1n) is 8.79. The molecule has 0 aliphatic heterocycles. The second-order valence-electron chi connectivity index (χ2n) is 5.66. The van der Waals surface area contributed by atoms with Crippen LogP contribution in [0, 0.1) is 0 Å². The molecule has 0 N–H and O–H groups in total. The van der Waals surface area contributed by atoms with E-state index in [1.54, 1.807) is 21.6 Å². The predicted molar refractivity (Wildman–Crippen MR) is 119 cm³/mol. The highest BCUT2D eigenvalue weighted by Crippen LogP contribution is 2.33. The fourth-order valence-corrected chi connectivity index (χ4v) is 4.25. The Morgan fingerprint density at radius 3 is 2.07 bits per heavy atom. The highest BCUT2D eigenvalue weighted by molar-refractivity contribution is 8.77. The van der Waals surface area contributed by atoms with Crippen molar-refractivity contribution < 1.29 is 4.74 Å². The molecule has 3 aromatic carbocycles. The average Bonchev–Trinajstić information content (AvgIpc) is 2.73. The number of rotatable bonds is 7. The molecule has 136 valence electrons. The van der Waals surface area contributed by atoms with Crippen molar-refractivity contribution in [3.63, 3.8) is 0 Å². The Kier molecular flexibility index (Phi) is 7.63. The minimum atomic E-state index is 0.635. The number of ether oxygens (including phenoxy) is 1. The molecule has 0 atom stereocenters. The number of aliphatic imine (C=N–C) groups is 1. The molecule has 0 radical (unpaired) electrons. The van der Waals surface area contributed by atoms with Gasteiger partial charge in [-0.3, -0.25) is 0 Å². The highest BCUT2D eigenvalue weighted by Gasteiger charge is 2.10. The molecule has 0 unspecified atom stereocenters. The third kappa shape index (κ3) is 6.35. The maximum absolute atomic E-state index is 6.13. The summed E-state index contributed by atoms with van der Waals surface area (Å²) in [5.74, 6) is 1.42. The van der Waals surface area contributed by atoms with Gasteiger partial charge in [0.25, 0.3) is 0 Å². The standard InChI is InChI=1S/C23H21NOS2/c1-2-19(18-26-27-22-16-10-5-11-17-22)23(24-20-12-6-3-7-13-20)25-21-14-8-4-9-15-21/h3-18H,2H2,1H3/b19-18+,24-23-. The molecule has 0 aromatic heterocycles. The summed E-state index contributed by atoms with van der Waals surface area (Å²) < 4.78 is 6.13. The molecule has 27 heavy (non-hydrogen) atoms. The molecule has 0 amide bonds. The van der Waals surface area contributed by atoms with Crippen LogP contribution in [0.25, 0.3) is 0 Å². The van der Waals surface area contributed by atoms with Gasteiger partial charge in [-0.2, -0.15) is 0 Å². The van der Waals surface area contributed by atoms with E-state index < -0.39 is 0 Å². The fraction of sp³-hybridized carbons (Fsp3) is 0.0870. The molecular formula is C23H21NOS2. The highest BCUT2D eigenvalue weighted by atomic mass is 33.1. The van der Waals surface area contributed by atoms with Gasteiger partial charge in [0.2, 0.25) is 5.90 Å². The molecule has 0 saturated carbocycles. The van der Waals surface area contributed by atoms with Crippen LogP contribution in [0.4, 0.5) is 5.69 Å². The van der Waals surface area contributed by atoms with E-state index in [1.165, 1.54) is 4.90 Å². The van der Waals surface area contributed by atoms with Crippen LogP contribution in [-0.2, 0) is 0 Å². The summed E-state index contributed by atoms with van der Waals surface area (Å²) in [5.41, 5.74) is 1.94. The van der Waals surface area contributed by atoms with Gasteiger partial charge in [-0.15, -0.1) is 0 Å². The first kappa shape index (κ1) is 19.3. The predicted octanol–water partition coefficient (Wildman–Crippen LogP) is 7.53. The number of nitrogens with zero attached hydrogens (tertiary/aromatic N) is 1. The summed E-state index contributed by atoms with van der Waals surface area (Å²) in [6, 6.07) is 30.0. The van der Waals surface area contributed by atoms with Crippen molar-refractivity contribution in [2.45, 2.75) is 18.2 Å². The molecule has 0 spiro atoms. The molecule has 0 bridgehead atoms. The topological polar surface area (TPSA) is 21.6 Å². The van der Waals surface area contributed by atoms with Crippen LogP contribution in [0.1, 0.15) is 13.3 Å². The zero-order valence-corrected chi connectivity index (χ0v) is 16.7. The van der Waals surface area contributed by atoms with Crippen LogP contribution in [0.15, 0.2) is 112 Å². The maximum Gasteiger partial charge on any atom is 0.223 e. The summed E-state index contributed by atoms with van der Waals surface area (Å²) in [7, 11) is 3.41. The lowest BCUT2D eigenvalue weighted by Gasteiger charge is -2.11. The SMILES string of the molecule is CCC(=C\SSc1ccccc1)/C(=N/c1ccccc1)Oc1ccccc1. The van der Waals surface area contributed by atoms with Crippen LogP contribution in [0.2, 0.25) is 0 Å². The van der Waals surface area contributed by atoms with E-state index >= 15 is 0 Å². The van der Waals surface area contributed by atoms with Gasteiger partial charge in [0, 0.05) is 10.5 Å². The Morgan fingerprint density at radius 2 is 1.44 bits per heavy atom. The van der Waals surface area contributed by atoms with Crippen molar-refractivity contribution in [1.29, 1.82) is 0 Å². The normalized spacial score (nSPS) is 12.0. The van der Waals surface area contributed by atoms with Gasteiger partial charge in [-0.1, -0.05) is 83.1 Å². The van der Waals surface area contributed by atoms with Gasteiger partial charge in [-0.05, 0) is 48.2 Å². The van der Waals surface area contributed by atoms with Gasteiger partial charge in [0.15, 0.2) is 0 Å². The number of hydrogen-bond donors (Lipinski definition) is 0. The lowest BCUT2D eigenvalue weighted by Crippen LogP contribution is -2.11. The number of hydrogen-bond acceptors (Lipinski definition) is 4. The zero-order valence-electron chi connectivity index (χ0n) is 15.1. The molecule has 0 saturated heterocycles. The van der Waals surface area contributed by atoms with E-state index in [2.05, 4.69) is 24.5 Å². The molecule has 4 heteroatoms. The summed E-state index contributed by atoms with van der Waals surface area (Å²) in [4.78, 5) is 5.98. The average molecular weight is 392 g/mol. The van der Waals surface area contributed by atoms with Crippen molar-refractivity contribution in [2.75, 3.05) is 0 Å². The lowest BCUT2D eigenvalue weighted by molar-refractivity contribution is 0.549. The number of para-hydroxylation sites is 2.